The second-order valence-corrected chi connectivity index (χ2v) is 5.42. The molecule has 0 aromatic heterocycles. The summed E-state index contributed by atoms with van der Waals surface area (Å²) in [6.45, 7) is 9.09. The van der Waals surface area contributed by atoms with Gasteiger partial charge in [0.15, 0.2) is 0 Å². The van der Waals surface area contributed by atoms with Crippen LogP contribution in [-0.4, -0.2) is 24.9 Å². The van der Waals surface area contributed by atoms with Gasteiger partial charge in [-0.05, 0) is 30.8 Å². The number of rotatable bonds is 7. The smallest absolute Gasteiger partial charge is 0.228 e. The molecule has 0 radical (unpaired) electrons. The molecule has 5 nitrogen and oxygen atoms in total. The van der Waals surface area contributed by atoms with Gasteiger partial charge in [-0.2, -0.15) is 0 Å². The first kappa shape index (κ1) is 17.2. The van der Waals surface area contributed by atoms with Crippen LogP contribution in [0.2, 0.25) is 0 Å². The van der Waals surface area contributed by atoms with Gasteiger partial charge >= 0.3 is 0 Å². The Morgan fingerprint density at radius 1 is 0.952 bits per heavy atom. The van der Waals surface area contributed by atoms with E-state index in [1.54, 1.807) is 24.3 Å². The van der Waals surface area contributed by atoms with E-state index in [0.29, 0.717) is 6.54 Å². The van der Waals surface area contributed by atoms with Crippen molar-refractivity contribution in [1.82, 2.24) is 5.32 Å². The molecule has 3 N–H and O–H groups in total. The van der Waals surface area contributed by atoms with Gasteiger partial charge < -0.3 is 16.0 Å². The van der Waals surface area contributed by atoms with Crippen LogP contribution in [-0.2, 0) is 9.59 Å². The minimum Gasteiger partial charge on any atom is -0.326 e. The van der Waals surface area contributed by atoms with Crippen molar-refractivity contribution in [1.29, 1.82) is 0 Å². The van der Waals surface area contributed by atoms with E-state index in [1.165, 1.54) is 0 Å². The maximum Gasteiger partial charge on any atom is 0.228 e. The lowest BCUT2D eigenvalue weighted by Crippen LogP contribution is -2.30. The number of carbonyl (C=O) groups is 2. The topological polar surface area (TPSA) is 70.2 Å². The quantitative estimate of drug-likeness (QED) is 0.723. The van der Waals surface area contributed by atoms with Crippen LogP contribution >= 0.6 is 0 Å². The van der Waals surface area contributed by atoms with Gasteiger partial charge in [0.25, 0.3) is 0 Å². The first-order valence-electron chi connectivity index (χ1n) is 7.36. The van der Waals surface area contributed by atoms with Crippen molar-refractivity contribution in [2.75, 3.05) is 23.7 Å². The SMILES string of the molecule is CCNCC(C)C(=O)Nc1ccc(NC(=O)C(C)C)cc1. The fraction of sp³-hybridized carbons (Fsp3) is 0.500. The maximum atomic E-state index is 11.9. The Bertz CT molecular complexity index is 469. The molecule has 1 atom stereocenters. The van der Waals surface area contributed by atoms with Crippen LogP contribution in [0.5, 0.6) is 0 Å². The van der Waals surface area contributed by atoms with E-state index in [2.05, 4.69) is 16.0 Å². The summed E-state index contributed by atoms with van der Waals surface area (Å²) in [5.41, 5.74) is 1.46. The van der Waals surface area contributed by atoms with Gasteiger partial charge in [0.2, 0.25) is 11.8 Å². The largest absolute Gasteiger partial charge is 0.326 e. The van der Waals surface area contributed by atoms with E-state index in [1.807, 2.05) is 27.7 Å². The molecule has 0 spiro atoms. The zero-order chi connectivity index (χ0) is 15.8. The first-order valence-corrected chi connectivity index (χ1v) is 7.36. The molecular formula is C16H25N3O2. The molecule has 5 heteroatoms. The number of hydrogen-bond acceptors (Lipinski definition) is 3. The van der Waals surface area contributed by atoms with Crippen molar-refractivity contribution in [2.24, 2.45) is 11.8 Å². The van der Waals surface area contributed by atoms with Gasteiger partial charge in [0, 0.05) is 29.8 Å². The molecule has 1 aromatic rings. The van der Waals surface area contributed by atoms with E-state index in [-0.39, 0.29) is 23.7 Å². The number of anilines is 2. The molecule has 0 aliphatic heterocycles. The normalized spacial score (nSPS) is 12.0. The Kier molecular flexibility index (Phi) is 6.88. The Morgan fingerprint density at radius 3 is 1.86 bits per heavy atom. The van der Waals surface area contributed by atoms with Crippen molar-refractivity contribution in [3.63, 3.8) is 0 Å². The number of nitrogens with one attached hydrogen (secondary N) is 3. The van der Waals surface area contributed by atoms with Crippen LogP contribution in [0.1, 0.15) is 27.7 Å². The minimum atomic E-state index is -0.0923. The molecule has 2 amide bonds. The third-order valence-corrected chi connectivity index (χ3v) is 3.09. The number of benzene rings is 1. The summed E-state index contributed by atoms with van der Waals surface area (Å²) < 4.78 is 0. The molecule has 0 bridgehead atoms. The van der Waals surface area contributed by atoms with E-state index < -0.39 is 0 Å². The average molecular weight is 291 g/mol. The fourth-order valence-corrected chi connectivity index (χ4v) is 1.64. The summed E-state index contributed by atoms with van der Waals surface area (Å²) >= 11 is 0. The molecular weight excluding hydrogens is 266 g/mol. The molecule has 0 heterocycles. The zero-order valence-corrected chi connectivity index (χ0v) is 13.2. The van der Waals surface area contributed by atoms with E-state index in [9.17, 15) is 9.59 Å². The third-order valence-electron chi connectivity index (χ3n) is 3.09. The highest BCUT2D eigenvalue weighted by Crippen LogP contribution is 2.15. The standard InChI is InChI=1S/C16H25N3O2/c1-5-17-10-12(4)16(21)19-14-8-6-13(7-9-14)18-15(20)11(2)3/h6-9,11-12,17H,5,10H2,1-4H3,(H,18,20)(H,19,21). The average Bonchev–Trinajstić information content (AvgIpc) is 2.46. The van der Waals surface area contributed by atoms with Crippen molar-refractivity contribution in [2.45, 2.75) is 27.7 Å². The fourth-order valence-electron chi connectivity index (χ4n) is 1.64. The highest BCUT2D eigenvalue weighted by molar-refractivity contribution is 5.94. The van der Waals surface area contributed by atoms with Crippen LogP contribution in [0.15, 0.2) is 24.3 Å². The molecule has 116 valence electrons. The number of hydrogen-bond donors (Lipinski definition) is 3. The monoisotopic (exact) mass is 291 g/mol. The van der Waals surface area contributed by atoms with Gasteiger partial charge in [-0.3, -0.25) is 9.59 Å². The lowest BCUT2D eigenvalue weighted by molar-refractivity contribution is -0.119. The first-order chi connectivity index (χ1) is 9.93. The Balaban J connectivity index is 2.54. The van der Waals surface area contributed by atoms with E-state index in [0.717, 1.165) is 17.9 Å². The van der Waals surface area contributed by atoms with Crippen LogP contribution < -0.4 is 16.0 Å². The molecule has 1 aromatic carbocycles. The van der Waals surface area contributed by atoms with Crippen LogP contribution in [0.3, 0.4) is 0 Å². The maximum absolute atomic E-state index is 11.9. The Hall–Kier alpha value is -1.88. The Labute approximate surface area is 126 Å². The van der Waals surface area contributed by atoms with Crippen LogP contribution in [0, 0.1) is 11.8 Å². The summed E-state index contributed by atoms with van der Waals surface area (Å²) in [5.74, 6) is -0.192. The molecule has 0 saturated carbocycles. The third kappa shape index (κ3) is 5.95. The van der Waals surface area contributed by atoms with Crippen LogP contribution in [0.4, 0.5) is 11.4 Å². The number of amides is 2. The summed E-state index contributed by atoms with van der Waals surface area (Å²) in [6.07, 6.45) is 0. The summed E-state index contributed by atoms with van der Waals surface area (Å²) in [4.78, 5) is 23.5. The van der Waals surface area contributed by atoms with Crippen molar-refractivity contribution in [3.8, 4) is 0 Å². The molecule has 0 fully saturated rings. The van der Waals surface area contributed by atoms with Crippen molar-refractivity contribution in [3.05, 3.63) is 24.3 Å². The zero-order valence-electron chi connectivity index (χ0n) is 13.2. The van der Waals surface area contributed by atoms with Gasteiger partial charge in [-0.15, -0.1) is 0 Å². The van der Waals surface area contributed by atoms with Gasteiger partial charge in [0.05, 0.1) is 0 Å². The summed E-state index contributed by atoms with van der Waals surface area (Å²) in [7, 11) is 0. The predicted molar refractivity (Wildman–Crippen MR) is 86.2 cm³/mol. The molecule has 0 aliphatic carbocycles. The summed E-state index contributed by atoms with van der Waals surface area (Å²) in [5, 5.41) is 8.82. The molecule has 1 unspecified atom stereocenters. The molecule has 0 aliphatic rings. The highest BCUT2D eigenvalue weighted by Gasteiger charge is 2.12. The van der Waals surface area contributed by atoms with E-state index >= 15 is 0 Å². The Morgan fingerprint density at radius 2 is 1.43 bits per heavy atom. The van der Waals surface area contributed by atoms with Gasteiger partial charge in [-0.1, -0.05) is 27.7 Å². The van der Waals surface area contributed by atoms with Gasteiger partial charge in [0.1, 0.15) is 0 Å². The second kappa shape index (κ2) is 8.42. The summed E-state index contributed by atoms with van der Waals surface area (Å²) in [6, 6.07) is 7.14. The van der Waals surface area contributed by atoms with Crippen LogP contribution in [0.25, 0.3) is 0 Å². The van der Waals surface area contributed by atoms with Crippen molar-refractivity contribution < 1.29 is 9.59 Å². The number of carbonyl (C=O) groups excluding carboxylic acids is 2. The predicted octanol–water partition coefficient (Wildman–Crippen LogP) is 2.47. The van der Waals surface area contributed by atoms with E-state index in [4.69, 9.17) is 0 Å². The molecule has 21 heavy (non-hydrogen) atoms. The lowest BCUT2D eigenvalue weighted by Gasteiger charge is -2.13. The van der Waals surface area contributed by atoms with Crippen molar-refractivity contribution >= 4 is 23.2 Å². The minimum absolute atomic E-state index is 0.0186. The van der Waals surface area contributed by atoms with Gasteiger partial charge in [-0.25, -0.2) is 0 Å². The highest BCUT2D eigenvalue weighted by atomic mass is 16.2. The molecule has 1 rings (SSSR count). The lowest BCUT2D eigenvalue weighted by atomic mass is 10.1. The second-order valence-electron chi connectivity index (χ2n) is 5.42. The molecule has 0 saturated heterocycles.